The molecule has 0 spiro atoms. The summed E-state index contributed by atoms with van der Waals surface area (Å²) in [5, 5.41) is 5.83. The summed E-state index contributed by atoms with van der Waals surface area (Å²) in [4.78, 5) is 28.1. The average Bonchev–Trinajstić information content (AvgIpc) is 2.74. The molecule has 0 bridgehead atoms. The zero-order valence-corrected chi connectivity index (χ0v) is 17.5. The van der Waals surface area contributed by atoms with E-state index in [1.165, 1.54) is 6.92 Å². The molecular formula is C24H27N3O3. The van der Waals surface area contributed by atoms with Gasteiger partial charge in [-0.3, -0.25) is 9.59 Å². The SMILES string of the molecule is COc1ccc(CC(=O)NC2(C#Cc3ccc(NC(C)=O)nc3)CCCCC2)cc1. The fourth-order valence-corrected chi connectivity index (χ4v) is 3.59. The molecule has 156 valence electrons. The fourth-order valence-electron chi connectivity index (χ4n) is 3.59. The van der Waals surface area contributed by atoms with Crippen molar-refractivity contribution in [2.24, 2.45) is 0 Å². The van der Waals surface area contributed by atoms with Crippen molar-refractivity contribution < 1.29 is 14.3 Å². The minimum absolute atomic E-state index is 0.0319. The molecule has 30 heavy (non-hydrogen) atoms. The Morgan fingerprint density at radius 2 is 1.83 bits per heavy atom. The predicted octanol–water partition coefficient (Wildman–Crippen LogP) is 3.46. The summed E-state index contributed by atoms with van der Waals surface area (Å²) in [6.45, 7) is 1.44. The molecule has 2 amide bonds. The zero-order chi connectivity index (χ0) is 21.4. The maximum Gasteiger partial charge on any atom is 0.225 e. The number of carbonyl (C=O) groups is 2. The van der Waals surface area contributed by atoms with Crippen LogP contribution in [0.4, 0.5) is 5.82 Å². The molecule has 6 nitrogen and oxygen atoms in total. The van der Waals surface area contributed by atoms with Crippen LogP contribution in [0.15, 0.2) is 42.6 Å². The van der Waals surface area contributed by atoms with E-state index >= 15 is 0 Å². The number of rotatable bonds is 5. The Bertz CT molecular complexity index is 934. The van der Waals surface area contributed by atoms with Gasteiger partial charge in [0.2, 0.25) is 11.8 Å². The lowest BCUT2D eigenvalue weighted by atomic mass is 9.81. The molecule has 1 aliphatic rings. The van der Waals surface area contributed by atoms with Gasteiger partial charge in [0.15, 0.2) is 0 Å². The molecule has 1 fully saturated rings. The smallest absolute Gasteiger partial charge is 0.225 e. The van der Waals surface area contributed by atoms with Crippen LogP contribution < -0.4 is 15.4 Å². The van der Waals surface area contributed by atoms with Crippen LogP contribution in [0, 0.1) is 11.8 Å². The van der Waals surface area contributed by atoms with E-state index in [0.717, 1.165) is 49.0 Å². The van der Waals surface area contributed by atoms with Crippen LogP contribution in [0.1, 0.15) is 50.2 Å². The number of benzene rings is 1. The van der Waals surface area contributed by atoms with Crippen molar-refractivity contribution in [2.45, 2.75) is 51.0 Å². The summed E-state index contributed by atoms with van der Waals surface area (Å²) in [7, 11) is 1.62. The third-order valence-corrected chi connectivity index (χ3v) is 5.12. The Morgan fingerprint density at radius 3 is 2.43 bits per heavy atom. The first kappa shape index (κ1) is 21.4. The highest BCUT2D eigenvalue weighted by Crippen LogP contribution is 2.28. The van der Waals surface area contributed by atoms with Crippen molar-refractivity contribution in [1.29, 1.82) is 0 Å². The lowest BCUT2D eigenvalue weighted by Gasteiger charge is -2.33. The molecule has 6 heteroatoms. The molecule has 0 atom stereocenters. The highest BCUT2D eigenvalue weighted by molar-refractivity contribution is 5.87. The third kappa shape index (κ3) is 6.08. The first-order valence-corrected chi connectivity index (χ1v) is 10.2. The topological polar surface area (TPSA) is 80.3 Å². The molecule has 1 saturated carbocycles. The largest absolute Gasteiger partial charge is 0.497 e. The van der Waals surface area contributed by atoms with Gasteiger partial charge in [-0.05, 0) is 42.7 Å². The van der Waals surface area contributed by atoms with Crippen LogP contribution in [0.3, 0.4) is 0 Å². The number of nitrogens with zero attached hydrogens (tertiary/aromatic N) is 1. The Balaban J connectivity index is 1.70. The summed E-state index contributed by atoms with van der Waals surface area (Å²) in [5.41, 5.74) is 1.17. The Morgan fingerprint density at radius 1 is 1.10 bits per heavy atom. The Labute approximate surface area is 177 Å². The highest BCUT2D eigenvalue weighted by atomic mass is 16.5. The van der Waals surface area contributed by atoms with Crippen LogP contribution >= 0.6 is 0 Å². The van der Waals surface area contributed by atoms with Crippen molar-refractivity contribution >= 4 is 17.6 Å². The molecular weight excluding hydrogens is 378 g/mol. The van der Waals surface area contributed by atoms with Crippen molar-refractivity contribution in [3.8, 4) is 17.6 Å². The lowest BCUT2D eigenvalue weighted by Crippen LogP contribution is -2.49. The number of hydrogen-bond acceptors (Lipinski definition) is 4. The summed E-state index contributed by atoms with van der Waals surface area (Å²) in [5.74, 6) is 7.55. The monoisotopic (exact) mass is 405 g/mol. The van der Waals surface area contributed by atoms with Gasteiger partial charge in [0.25, 0.3) is 0 Å². The predicted molar refractivity (Wildman–Crippen MR) is 116 cm³/mol. The van der Waals surface area contributed by atoms with Gasteiger partial charge >= 0.3 is 0 Å². The number of ether oxygens (including phenoxy) is 1. The van der Waals surface area contributed by atoms with Gasteiger partial charge in [-0.1, -0.05) is 43.2 Å². The van der Waals surface area contributed by atoms with E-state index in [2.05, 4.69) is 27.5 Å². The fraction of sp³-hybridized carbons (Fsp3) is 0.375. The number of methoxy groups -OCH3 is 1. The molecule has 1 heterocycles. The third-order valence-electron chi connectivity index (χ3n) is 5.12. The summed E-state index contributed by atoms with van der Waals surface area (Å²) < 4.78 is 5.17. The Hall–Kier alpha value is -3.33. The van der Waals surface area contributed by atoms with Crippen molar-refractivity contribution in [3.63, 3.8) is 0 Å². The second-order valence-electron chi connectivity index (χ2n) is 7.58. The number of pyridine rings is 1. The van der Waals surface area contributed by atoms with Gasteiger partial charge in [0.05, 0.1) is 13.5 Å². The van der Waals surface area contributed by atoms with Gasteiger partial charge in [-0.2, -0.15) is 0 Å². The van der Waals surface area contributed by atoms with Gasteiger partial charge < -0.3 is 15.4 Å². The standard InChI is InChI=1S/C24H27N3O3/c1-18(28)26-22-11-8-20(17-25-22)12-15-24(13-4-3-5-14-24)27-23(29)16-19-6-9-21(30-2)10-7-19/h6-11,17H,3-5,13-14,16H2,1-2H3,(H,27,29)(H,25,26,28). The lowest BCUT2D eigenvalue weighted by molar-refractivity contribution is -0.122. The zero-order valence-electron chi connectivity index (χ0n) is 17.5. The minimum atomic E-state index is -0.516. The molecule has 2 aromatic rings. The van der Waals surface area contributed by atoms with Crippen LogP contribution in [0.25, 0.3) is 0 Å². The van der Waals surface area contributed by atoms with Crippen molar-refractivity contribution in [1.82, 2.24) is 10.3 Å². The molecule has 1 aromatic heterocycles. The molecule has 1 aromatic carbocycles. The van der Waals surface area contributed by atoms with E-state index in [4.69, 9.17) is 4.74 Å². The normalized spacial score (nSPS) is 14.7. The van der Waals surface area contributed by atoms with Gasteiger partial charge in [0.1, 0.15) is 17.1 Å². The summed E-state index contributed by atoms with van der Waals surface area (Å²) in [6, 6.07) is 11.1. The number of anilines is 1. The van der Waals surface area contributed by atoms with E-state index < -0.39 is 5.54 Å². The molecule has 3 rings (SSSR count). The minimum Gasteiger partial charge on any atom is -0.497 e. The van der Waals surface area contributed by atoms with Crippen molar-refractivity contribution in [2.75, 3.05) is 12.4 Å². The molecule has 2 N–H and O–H groups in total. The average molecular weight is 405 g/mol. The highest BCUT2D eigenvalue weighted by Gasteiger charge is 2.31. The number of carbonyl (C=O) groups excluding carboxylic acids is 2. The van der Waals surface area contributed by atoms with Gasteiger partial charge in [-0.15, -0.1) is 0 Å². The number of nitrogens with one attached hydrogen (secondary N) is 2. The maximum absolute atomic E-state index is 12.7. The van der Waals surface area contributed by atoms with Gasteiger partial charge in [0, 0.05) is 18.7 Å². The summed E-state index contributed by atoms with van der Waals surface area (Å²) in [6.07, 6.45) is 6.85. The van der Waals surface area contributed by atoms with Crippen molar-refractivity contribution in [3.05, 3.63) is 53.7 Å². The Kier molecular flexibility index (Phi) is 7.08. The number of hydrogen-bond donors (Lipinski definition) is 2. The van der Waals surface area contributed by atoms with E-state index in [9.17, 15) is 9.59 Å². The van der Waals surface area contributed by atoms with Crippen LogP contribution in [-0.2, 0) is 16.0 Å². The maximum atomic E-state index is 12.7. The first-order chi connectivity index (χ1) is 14.5. The molecule has 0 saturated heterocycles. The summed E-state index contributed by atoms with van der Waals surface area (Å²) >= 11 is 0. The van der Waals surface area contributed by atoms with E-state index in [-0.39, 0.29) is 11.8 Å². The molecule has 1 aliphatic carbocycles. The molecule has 0 aliphatic heterocycles. The molecule has 0 radical (unpaired) electrons. The number of aromatic nitrogens is 1. The molecule has 0 unspecified atom stereocenters. The van der Waals surface area contributed by atoms with E-state index in [1.54, 1.807) is 19.4 Å². The number of amides is 2. The van der Waals surface area contributed by atoms with Crippen LogP contribution in [-0.4, -0.2) is 29.4 Å². The quantitative estimate of drug-likeness (QED) is 0.747. The first-order valence-electron chi connectivity index (χ1n) is 10.2. The van der Waals surface area contributed by atoms with E-state index in [1.807, 2.05) is 30.3 Å². The van der Waals surface area contributed by atoms with Gasteiger partial charge in [-0.25, -0.2) is 4.98 Å². The van der Waals surface area contributed by atoms with Crippen LogP contribution in [0.5, 0.6) is 5.75 Å². The van der Waals surface area contributed by atoms with E-state index in [0.29, 0.717) is 12.2 Å². The van der Waals surface area contributed by atoms with Crippen LogP contribution in [0.2, 0.25) is 0 Å². The second kappa shape index (κ2) is 9.93. The second-order valence-corrected chi connectivity index (χ2v) is 7.58.